The topological polar surface area (TPSA) is 12.9 Å². The predicted molar refractivity (Wildman–Crippen MR) is 74.7 cm³/mol. The fraction of sp³-hybridized carbons (Fsp3) is 0.118. The molecule has 1 aliphatic carbocycles. The Labute approximate surface area is 110 Å². The summed E-state index contributed by atoms with van der Waals surface area (Å²) >= 11 is 0. The van der Waals surface area contributed by atoms with Crippen molar-refractivity contribution in [3.05, 3.63) is 65.9 Å². The number of aromatic nitrogens is 1. The van der Waals surface area contributed by atoms with Crippen LogP contribution in [-0.4, -0.2) is 4.98 Å². The van der Waals surface area contributed by atoms with Gasteiger partial charge in [-0.25, -0.2) is 4.39 Å². The van der Waals surface area contributed by atoms with Gasteiger partial charge in [-0.05, 0) is 18.4 Å². The Kier molecular flexibility index (Phi) is 1.92. The van der Waals surface area contributed by atoms with E-state index in [9.17, 15) is 0 Å². The standard InChI is InChI=1S/C17H12FN/c1-17(18)13-7-3-2-6-12(13)16-15-11(9-10-19-16)5-4-8-14(15)17/h2-10H,1H3. The monoisotopic (exact) mass is 249 g/mol. The van der Waals surface area contributed by atoms with Crippen molar-refractivity contribution >= 4 is 10.8 Å². The van der Waals surface area contributed by atoms with Crippen LogP contribution in [0.25, 0.3) is 22.0 Å². The lowest BCUT2D eigenvalue weighted by Gasteiger charge is -2.30. The molecule has 2 heteroatoms. The Morgan fingerprint density at radius 3 is 2.63 bits per heavy atom. The Hall–Kier alpha value is -2.22. The molecule has 1 unspecified atom stereocenters. The maximum atomic E-state index is 15.3. The van der Waals surface area contributed by atoms with Crippen LogP contribution in [0.15, 0.2) is 54.7 Å². The number of benzene rings is 2. The highest BCUT2D eigenvalue weighted by atomic mass is 19.1. The third-order valence-electron chi connectivity index (χ3n) is 3.99. The van der Waals surface area contributed by atoms with Crippen molar-refractivity contribution in [1.29, 1.82) is 0 Å². The molecule has 92 valence electrons. The molecule has 0 saturated carbocycles. The molecule has 0 bridgehead atoms. The summed E-state index contributed by atoms with van der Waals surface area (Å²) < 4.78 is 15.3. The highest BCUT2D eigenvalue weighted by Gasteiger charge is 2.37. The summed E-state index contributed by atoms with van der Waals surface area (Å²) in [5.41, 5.74) is 1.74. The van der Waals surface area contributed by atoms with Gasteiger partial charge in [0, 0.05) is 28.3 Å². The van der Waals surface area contributed by atoms with Gasteiger partial charge in [0.15, 0.2) is 5.67 Å². The minimum Gasteiger partial charge on any atom is -0.256 e. The summed E-state index contributed by atoms with van der Waals surface area (Å²) in [5.74, 6) is 0. The zero-order valence-corrected chi connectivity index (χ0v) is 10.5. The first-order valence-corrected chi connectivity index (χ1v) is 6.36. The minimum atomic E-state index is -1.47. The van der Waals surface area contributed by atoms with Gasteiger partial charge in [0.2, 0.25) is 0 Å². The Morgan fingerprint density at radius 2 is 1.74 bits per heavy atom. The van der Waals surface area contributed by atoms with E-state index in [4.69, 9.17) is 0 Å². The van der Waals surface area contributed by atoms with Crippen molar-refractivity contribution < 1.29 is 4.39 Å². The highest BCUT2D eigenvalue weighted by molar-refractivity contribution is 6.00. The van der Waals surface area contributed by atoms with Gasteiger partial charge < -0.3 is 0 Å². The summed E-state index contributed by atoms with van der Waals surface area (Å²) in [6.45, 7) is 1.64. The van der Waals surface area contributed by atoms with Crippen LogP contribution in [0.1, 0.15) is 18.1 Å². The molecule has 0 fully saturated rings. The molecule has 0 spiro atoms. The number of fused-ring (bicyclic) bond motifs is 2. The van der Waals surface area contributed by atoms with Crippen molar-refractivity contribution in [2.24, 2.45) is 0 Å². The number of halogens is 1. The van der Waals surface area contributed by atoms with Gasteiger partial charge in [-0.15, -0.1) is 0 Å². The average molecular weight is 249 g/mol. The summed E-state index contributed by atoms with van der Waals surface area (Å²) in [5, 5.41) is 1.98. The lowest BCUT2D eigenvalue weighted by atomic mass is 9.78. The second-order valence-corrected chi connectivity index (χ2v) is 5.11. The normalized spacial score (nSPS) is 20.3. The largest absolute Gasteiger partial charge is 0.256 e. The molecule has 0 amide bonds. The lowest BCUT2D eigenvalue weighted by molar-refractivity contribution is 0.253. The smallest absolute Gasteiger partial charge is 0.159 e. The fourth-order valence-corrected chi connectivity index (χ4v) is 3.07. The molecule has 1 atom stereocenters. The first-order valence-electron chi connectivity index (χ1n) is 6.36. The number of rotatable bonds is 0. The van der Waals surface area contributed by atoms with E-state index in [0.29, 0.717) is 11.1 Å². The van der Waals surface area contributed by atoms with Crippen LogP contribution in [0.3, 0.4) is 0 Å². The molecule has 1 aromatic heterocycles. The van der Waals surface area contributed by atoms with Crippen LogP contribution < -0.4 is 0 Å². The fourth-order valence-electron chi connectivity index (χ4n) is 3.07. The molecule has 1 nitrogen and oxygen atoms in total. The maximum Gasteiger partial charge on any atom is 0.159 e. The van der Waals surface area contributed by atoms with Crippen LogP contribution in [0, 0.1) is 0 Å². The number of hydrogen-bond donors (Lipinski definition) is 0. The summed E-state index contributed by atoms with van der Waals surface area (Å²) in [6, 6.07) is 15.3. The SMILES string of the molecule is CC1(F)c2ccccc2-c2nccc3cccc1c23. The van der Waals surface area contributed by atoms with Crippen molar-refractivity contribution in [3.63, 3.8) is 0 Å². The molecule has 2 aromatic carbocycles. The zero-order valence-electron chi connectivity index (χ0n) is 10.5. The van der Waals surface area contributed by atoms with Crippen molar-refractivity contribution in [2.75, 3.05) is 0 Å². The first-order chi connectivity index (χ1) is 9.19. The molecule has 1 aliphatic rings. The number of alkyl halides is 1. The third kappa shape index (κ3) is 1.26. The molecule has 0 aliphatic heterocycles. The summed E-state index contributed by atoms with van der Waals surface area (Å²) in [4.78, 5) is 4.48. The maximum absolute atomic E-state index is 15.3. The summed E-state index contributed by atoms with van der Waals surface area (Å²) in [7, 11) is 0. The quantitative estimate of drug-likeness (QED) is 0.573. The second-order valence-electron chi connectivity index (χ2n) is 5.11. The van der Waals surface area contributed by atoms with Crippen LogP contribution >= 0.6 is 0 Å². The predicted octanol–water partition coefficient (Wildman–Crippen LogP) is 4.45. The molecule has 4 rings (SSSR count). The number of pyridine rings is 1. The number of hydrogen-bond acceptors (Lipinski definition) is 1. The van der Waals surface area contributed by atoms with E-state index in [1.54, 1.807) is 13.1 Å². The molecule has 0 N–H and O–H groups in total. The molecular weight excluding hydrogens is 237 g/mol. The number of nitrogens with zero attached hydrogens (tertiary/aromatic N) is 1. The van der Waals surface area contributed by atoms with Crippen LogP contribution in [0.5, 0.6) is 0 Å². The molecule has 19 heavy (non-hydrogen) atoms. The molecule has 1 heterocycles. The minimum absolute atomic E-state index is 0.702. The van der Waals surface area contributed by atoms with Gasteiger partial charge >= 0.3 is 0 Å². The van der Waals surface area contributed by atoms with Crippen molar-refractivity contribution in [3.8, 4) is 11.3 Å². The van der Waals surface area contributed by atoms with Gasteiger partial charge in [-0.1, -0.05) is 42.5 Å². The van der Waals surface area contributed by atoms with Gasteiger partial charge in [0.1, 0.15) is 0 Å². The van der Waals surface area contributed by atoms with Gasteiger partial charge in [-0.3, -0.25) is 4.98 Å². The second kappa shape index (κ2) is 3.41. The van der Waals surface area contributed by atoms with E-state index in [-0.39, 0.29) is 0 Å². The first kappa shape index (κ1) is 10.7. The van der Waals surface area contributed by atoms with Crippen LogP contribution in [0.4, 0.5) is 4.39 Å². The van der Waals surface area contributed by atoms with Gasteiger partial charge in [0.05, 0.1) is 5.69 Å². The highest BCUT2D eigenvalue weighted by Crippen LogP contribution is 2.48. The summed E-state index contributed by atoms with van der Waals surface area (Å²) in [6.07, 6.45) is 1.79. The average Bonchev–Trinajstić information content (AvgIpc) is 2.45. The molecule has 0 radical (unpaired) electrons. The zero-order chi connectivity index (χ0) is 13.0. The molecular formula is C17H12FN. The molecule has 3 aromatic rings. The van der Waals surface area contributed by atoms with Gasteiger partial charge in [0.25, 0.3) is 0 Å². The van der Waals surface area contributed by atoms with Crippen LogP contribution in [-0.2, 0) is 5.67 Å². The van der Waals surface area contributed by atoms with E-state index >= 15 is 4.39 Å². The van der Waals surface area contributed by atoms with Gasteiger partial charge in [-0.2, -0.15) is 0 Å². The third-order valence-corrected chi connectivity index (χ3v) is 3.99. The molecule has 0 saturated heterocycles. The van der Waals surface area contributed by atoms with E-state index in [0.717, 1.165) is 22.0 Å². The van der Waals surface area contributed by atoms with E-state index in [2.05, 4.69) is 4.98 Å². The van der Waals surface area contributed by atoms with E-state index in [1.807, 2.05) is 48.5 Å². The Morgan fingerprint density at radius 1 is 0.947 bits per heavy atom. The van der Waals surface area contributed by atoms with Crippen molar-refractivity contribution in [1.82, 2.24) is 4.98 Å². The lowest BCUT2D eigenvalue weighted by Crippen LogP contribution is -2.22. The Bertz CT molecular complexity index is 800. The van der Waals surface area contributed by atoms with E-state index < -0.39 is 5.67 Å². The van der Waals surface area contributed by atoms with Crippen molar-refractivity contribution in [2.45, 2.75) is 12.6 Å². The van der Waals surface area contributed by atoms with E-state index in [1.165, 1.54) is 0 Å². The van der Waals surface area contributed by atoms with Crippen LogP contribution in [0.2, 0.25) is 0 Å². The Balaban J connectivity index is 2.28.